The molecule has 0 spiro atoms. The summed E-state index contributed by atoms with van der Waals surface area (Å²) in [5.41, 5.74) is 7.69. The van der Waals surface area contributed by atoms with Crippen molar-refractivity contribution < 1.29 is 0 Å². The molecule has 0 aromatic heterocycles. The van der Waals surface area contributed by atoms with Crippen molar-refractivity contribution in [3.05, 3.63) is 30.3 Å². The quantitative estimate of drug-likeness (QED) is 0.866. The highest BCUT2D eigenvalue weighted by Gasteiger charge is 2.34. The molecular formula is C17H29N3. The molecule has 0 amide bonds. The molecule has 0 bridgehead atoms. The Kier molecular flexibility index (Phi) is 5.44. The first-order valence-electron chi connectivity index (χ1n) is 8.01. The van der Waals surface area contributed by atoms with Gasteiger partial charge in [-0.3, -0.25) is 4.90 Å². The van der Waals surface area contributed by atoms with Gasteiger partial charge in [0.05, 0.1) is 0 Å². The number of para-hydroxylation sites is 1. The van der Waals surface area contributed by atoms with Crippen LogP contribution >= 0.6 is 0 Å². The molecule has 0 saturated carbocycles. The zero-order valence-corrected chi connectivity index (χ0v) is 13.0. The lowest BCUT2D eigenvalue weighted by molar-refractivity contribution is 0.0734. The van der Waals surface area contributed by atoms with Crippen LogP contribution in [0.5, 0.6) is 0 Å². The van der Waals surface area contributed by atoms with Crippen LogP contribution in [0.3, 0.4) is 0 Å². The molecule has 1 fully saturated rings. The highest BCUT2D eigenvalue weighted by Crippen LogP contribution is 2.27. The molecule has 2 N–H and O–H groups in total. The van der Waals surface area contributed by atoms with Crippen LogP contribution < -0.4 is 10.6 Å². The number of benzene rings is 1. The highest BCUT2D eigenvalue weighted by atomic mass is 15.3. The van der Waals surface area contributed by atoms with E-state index in [9.17, 15) is 0 Å². The van der Waals surface area contributed by atoms with Crippen molar-refractivity contribution in [1.82, 2.24) is 4.90 Å². The van der Waals surface area contributed by atoms with Crippen molar-refractivity contribution in [3.8, 4) is 0 Å². The minimum absolute atomic E-state index is 0.220. The normalized spacial score (nSPS) is 19.9. The number of anilines is 1. The molecule has 20 heavy (non-hydrogen) atoms. The number of hydrogen-bond donors (Lipinski definition) is 1. The van der Waals surface area contributed by atoms with E-state index < -0.39 is 0 Å². The largest absolute Gasteiger partial charge is 0.369 e. The third-order valence-electron chi connectivity index (χ3n) is 4.83. The molecule has 3 nitrogen and oxygen atoms in total. The maximum absolute atomic E-state index is 6.13. The first-order chi connectivity index (χ1) is 9.75. The van der Waals surface area contributed by atoms with Gasteiger partial charge in [0.15, 0.2) is 0 Å². The number of piperazine rings is 1. The molecule has 3 heteroatoms. The Morgan fingerprint density at radius 2 is 1.70 bits per heavy atom. The molecule has 2 rings (SSSR count). The van der Waals surface area contributed by atoms with Crippen LogP contribution in [0.25, 0.3) is 0 Å². The van der Waals surface area contributed by atoms with Crippen LogP contribution in [-0.2, 0) is 0 Å². The molecule has 1 aliphatic rings. The fourth-order valence-corrected chi connectivity index (χ4v) is 3.48. The molecule has 1 atom stereocenters. The molecular weight excluding hydrogens is 246 g/mol. The van der Waals surface area contributed by atoms with E-state index in [1.54, 1.807) is 0 Å². The van der Waals surface area contributed by atoms with E-state index in [1.165, 1.54) is 18.5 Å². The van der Waals surface area contributed by atoms with Gasteiger partial charge in [-0.1, -0.05) is 38.5 Å². The summed E-state index contributed by atoms with van der Waals surface area (Å²) >= 11 is 0. The zero-order chi connectivity index (χ0) is 14.4. The van der Waals surface area contributed by atoms with Gasteiger partial charge in [-0.05, 0) is 25.0 Å². The highest BCUT2D eigenvalue weighted by molar-refractivity contribution is 5.46. The van der Waals surface area contributed by atoms with E-state index in [4.69, 9.17) is 5.73 Å². The van der Waals surface area contributed by atoms with Crippen LogP contribution in [0.15, 0.2) is 30.3 Å². The van der Waals surface area contributed by atoms with E-state index in [2.05, 4.69) is 54.0 Å². The van der Waals surface area contributed by atoms with E-state index in [0.717, 1.165) is 39.1 Å². The van der Waals surface area contributed by atoms with Crippen molar-refractivity contribution in [1.29, 1.82) is 0 Å². The SMILES string of the molecule is CCCC(CC)(CN)N1CCN(c2ccccc2)CC1. The Morgan fingerprint density at radius 3 is 2.20 bits per heavy atom. The standard InChI is InChI=1S/C17H29N3/c1-3-10-17(4-2,15-18)20-13-11-19(12-14-20)16-8-6-5-7-9-16/h5-9H,3-4,10-15,18H2,1-2H3. The average molecular weight is 275 g/mol. The Bertz CT molecular complexity index is 378. The summed E-state index contributed by atoms with van der Waals surface area (Å²) < 4.78 is 0. The summed E-state index contributed by atoms with van der Waals surface area (Å²) in [4.78, 5) is 5.12. The van der Waals surface area contributed by atoms with E-state index in [0.29, 0.717) is 0 Å². The number of hydrogen-bond acceptors (Lipinski definition) is 3. The van der Waals surface area contributed by atoms with Crippen LogP contribution in [0.4, 0.5) is 5.69 Å². The Morgan fingerprint density at radius 1 is 1.05 bits per heavy atom. The molecule has 1 unspecified atom stereocenters. The molecule has 1 aliphatic heterocycles. The number of rotatable bonds is 6. The van der Waals surface area contributed by atoms with Crippen molar-refractivity contribution in [2.24, 2.45) is 5.73 Å². The molecule has 1 saturated heterocycles. The molecule has 112 valence electrons. The van der Waals surface area contributed by atoms with Gasteiger partial charge in [0.2, 0.25) is 0 Å². The lowest BCUT2D eigenvalue weighted by atomic mass is 9.88. The first kappa shape index (κ1) is 15.3. The maximum atomic E-state index is 6.13. The molecule has 0 aliphatic carbocycles. The maximum Gasteiger partial charge on any atom is 0.0367 e. The monoisotopic (exact) mass is 275 g/mol. The summed E-state index contributed by atoms with van der Waals surface area (Å²) in [6.07, 6.45) is 3.58. The predicted molar refractivity (Wildman–Crippen MR) is 87.2 cm³/mol. The lowest BCUT2D eigenvalue weighted by Gasteiger charge is -2.47. The molecule has 0 radical (unpaired) electrons. The second-order valence-electron chi connectivity index (χ2n) is 5.84. The van der Waals surface area contributed by atoms with Crippen LogP contribution in [0.2, 0.25) is 0 Å². The van der Waals surface area contributed by atoms with Gasteiger partial charge < -0.3 is 10.6 Å². The Balaban J connectivity index is 1.99. The summed E-state index contributed by atoms with van der Waals surface area (Å²) in [5, 5.41) is 0. The lowest BCUT2D eigenvalue weighted by Crippen LogP contribution is -2.60. The van der Waals surface area contributed by atoms with Gasteiger partial charge in [0, 0.05) is 44.0 Å². The Labute approximate surface area is 123 Å². The fourth-order valence-electron chi connectivity index (χ4n) is 3.48. The van der Waals surface area contributed by atoms with Crippen molar-refractivity contribution in [2.75, 3.05) is 37.6 Å². The van der Waals surface area contributed by atoms with Crippen molar-refractivity contribution >= 4 is 5.69 Å². The average Bonchev–Trinajstić information content (AvgIpc) is 2.54. The Hall–Kier alpha value is -1.06. The topological polar surface area (TPSA) is 32.5 Å². The van der Waals surface area contributed by atoms with Gasteiger partial charge in [-0.15, -0.1) is 0 Å². The minimum Gasteiger partial charge on any atom is -0.369 e. The smallest absolute Gasteiger partial charge is 0.0367 e. The van der Waals surface area contributed by atoms with Crippen LogP contribution in [-0.4, -0.2) is 43.2 Å². The summed E-state index contributed by atoms with van der Waals surface area (Å²) in [7, 11) is 0. The predicted octanol–water partition coefficient (Wildman–Crippen LogP) is 2.72. The van der Waals surface area contributed by atoms with Crippen LogP contribution in [0, 0.1) is 0 Å². The second kappa shape index (κ2) is 7.09. The van der Waals surface area contributed by atoms with E-state index >= 15 is 0 Å². The summed E-state index contributed by atoms with van der Waals surface area (Å²) in [6, 6.07) is 10.7. The fraction of sp³-hybridized carbons (Fsp3) is 0.647. The molecule has 1 aromatic carbocycles. The van der Waals surface area contributed by atoms with Crippen LogP contribution in [0.1, 0.15) is 33.1 Å². The molecule has 1 heterocycles. The minimum atomic E-state index is 0.220. The number of nitrogens with zero attached hydrogens (tertiary/aromatic N) is 2. The third kappa shape index (κ3) is 3.15. The van der Waals surface area contributed by atoms with E-state index in [1.807, 2.05) is 0 Å². The van der Waals surface area contributed by atoms with Gasteiger partial charge >= 0.3 is 0 Å². The number of nitrogens with two attached hydrogens (primary N) is 1. The van der Waals surface area contributed by atoms with Gasteiger partial charge in [-0.2, -0.15) is 0 Å². The van der Waals surface area contributed by atoms with Gasteiger partial charge in [0.1, 0.15) is 0 Å². The summed E-state index contributed by atoms with van der Waals surface area (Å²) in [6.45, 7) is 9.79. The molecule has 1 aromatic rings. The summed E-state index contributed by atoms with van der Waals surface area (Å²) in [5.74, 6) is 0. The van der Waals surface area contributed by atoms with Gasteiger partial charge in [0.25, 0.3) is 0 Å². The second-order valence-corrected chi connectivity index (χ2v) is 5.84. The van der Waals surface area contributed by atoms with E-state index in [-0.39, 0.29) is 5.54 Å². The van der Waals surface area contributed by atoms with Crippen molar-refractivity contribution in [2.45, 2.75) is 38.6 Å². The third-order valence-corrected chi connectivity index (χ3v) is 4.83. The zero-order valence-electron chi connectivity index (χ0n) is 13.0. The first-order valence-corrected chi connectivity index (χ1v) is 8.01. The van der Waals surface area contributed by atoms with Crippen molar-refractivity contribution in [3.63, 3.8) is 0 Å². The van der Waals surface area contributed by atoms with Gasteiger partial charge in [-0.25, -0.2) is 0 Å².